The number of carbonyl (C=O) groups excluding carboxylic acids is 2. The molecule has 1 atom stereocenters. The molecule has 3 aromatic carbocycles. The standard InChI is InChI=1S/C29H29N3O2S/c1-18-9-8-12-24(20(18)3)31-17-23(15-26(31)33)28(34)32(16-22-10-6-5-7-11-22)29-30-27-21(4)19(2)13-14-25(27)35-29/h5-14,23H,15-17H2,1-4H3/t23-/m0/s1. The Balaban J connectivity index is 1.49. The van der Waals surface area contributed by atoms with Crippen LogP contribution in [-0.2, 0) is 16.1 Å². The monoisotopic (exact) mass is 483 g/mol. The van der Waals surface area contributed by atoms with Gasteiger partial charge in [0.2, 0.25) is 11.8 Å². The van der Waals surface area contributed by atoms with E-state index in [2.05, 4.69) is 26.0 Å². The Morgan fingerprint density at radius 2 is 1.71 bits per heavy atom. The molecule has 1 aliphatic rings. The molecule has 0 unspecified atom stereocenters. The van der Waals surface area contributed by atoms with Crippen LogP contribution in [-0.4, -0.2) is 23.3 Å². The maximum absolute atomic E-state index is 14.0. The molecule has 5 nitrogen and oxygen atoms in total. The van der Waals surface area contributed by atoms with Gasteiger partial charge < -0.3 is 4.90 Å². The first-order chi connectivity index (χ1) is 16.8. The highest BCUT2D eigenvalue weighted by Crippen LogP contribution is 2.35. The van der Waals surface area contributed by atoms with E-state index in [0.717, 1.165) is 38.2 Å². The van der Waals surface area contributed by atoms with E-state index in [9.17, 15) is 9.59 Å². The number of rotatable bonds is 5. The van der Waals surface area contributed by atoms with Gasteiger partial charge in [-0.2, -0.15) is 0 Å². The first kappa shape index (κ1) is 23.2. The second-order valence-corrected chi connectivity index (χ2v) is 10.4. The van der Waals surface area contributed by atoms with Gasteiger partial charge in [0.1, 0.15) is 0 Å². The average molecular weight is 484 g/mol. The van der Waals surface area contributed by atoms with Gasteiger partial charge in [0, 0.05) is 18.7 Å². The van der Waals surface area contributed by atoms with Crippen LogP contribution in [0.15, 0.2) is 60.7 Å². The summed E-state index contributed by atoms with van der Waals surface area (Å²) in [7, 11) is 0. The van der Waals surface area contributed by atoms with Crippen molar-refractivity contribution in [2.75, 3.05) is 16.3 Å². The van der Waals surface area contributed by atoms with Crippen LogP contribution >= 0.6 is 11.3 Å². The zero-order chi connectivity index (χ0) is 24.7. The maximum atomic E-state index is 14.0. The van der Waals surface area contributed by atoms with Gasteiger partial charge in [0.15, 0.2) is 5.13 Å². The summed E-state index contributed by atoms with van der Waals surface area (Å²) >= 11 is 1.53. The van der Waals surface area contributed by atoms with Crippen LogP contribution in [0.3, 0.4) is 0 Å². The van der Waals surface area contributed by atoms with E-state index in [1.165, 1.54) is 16.9 Å². The zero-order valence-electron chi connectivity index (χ0n) is 20.5. The summed E-state index contributed by atoms with van der Waals surface area (Å²) in [5, 5.41) is 0.681. The van der Waals surface area contributed by atoms with Gasteiger partial charge in [0.05, 0.1) is 22.7 Å². The SMILES string of the molecule is Cc1cccc(N2C[C@@H](C(=O)N(Cc3ccccc3)c3nc4c(C)c(C)ccc4s3)CC2=O)c1C. The van der Waals surface area contributed by atoms with E-state index in [0.29, 0.717) is 18.2 Å². The van der Waals surface area contributed by atoms with Crippen LogP contribution in [0.1, 0.15) is 34.2 Å². The molecule has 1 aliphatic heterocycles. The topological polar surface area (TPSA) is 53.5 Å². The molecule has 0 N–H and O–H groups in total. The van der Waals surface area contributed by atoms with Crippen LogP contribution in [0.5, 0.6) is 0 Å². The van der Waals surface area contributed by atoms with Gasteiger partial charge in [-0.3, -0.25) is 14.5 Å². The molecule has 0 radical (unpaired) electrons. The van der Waals surface area contributed by atoms with Crippen molar-refractivity contribution in [2.24, 2.45) is 5.92 Å². The third kappa shape index (κ3) is 4.34. The Labute approximate surface area is 210 Å². The maximum Gasteiger partial charge on any atom is 0.234 e. The Hall–Kier alpha value is -3.51. The van der Waals surface area contributed by atoms with Crippen molar-refractivity contribution >= 4 is 44.2 Å². The molecule has 1 fully saturated rings. The van der Waals surface area contributed by atoms with E-state index >= 15 is 0 Å². The molecule has 1 aromatic heterocycles. The number of aryl methyl sites for hydroxylation is 3. The molecule has 0 aliphatic carbocycles. The first-order valence-electron chi connectivity index (χ1n) is 11.9. The normalized spacial score (nSPS) is 15.7. The number of benzene rings is 3. The summed E-state index contributed by atoms with van der Waals surface area (Å²) < 4.78 is 1.06. The summed E-state index contributed by atoms with van der Waals surface area (Å²) in [5.74, 6) is -0.475. The molecule has 2 heterocycles. The van der Waals surface area contributed by atoms with Gasteiger partial charge >= 0.3 is 0 Å². The highest BCUT2D eigenvalue weighted by Gasteiger charge is 2.39. The van der Waals surface area contributed by atoms with Gasteiger partial charge in [0.25, 0.3) is 0 Å². The molecule has 6 heteroatoms. The highest BCUT2D eigenvalue weighted by molar-refractivity contribution is 7.22. The van der Waals surface area contributed by atoms with Crippen LogP contribution in [0.4, 0.5) is 10.8 Å². The lowest BCUT2D eigenvalue weighted by molar-refractivity contribution is -0.124. The fourth-order valence-electron chi connectivity index (χ4n) is 4.69. The molecule has 2 amide bonds. The van der Waals surface area contributed by atoms with Crippen LogP contribution in [0.2, 0.25) is 0 Å². The fraction of sp³-hybridized carbons (Fsp3) is 0.276. The number of carbonyl (C=O) groups is 2. The van der Waals surface area contributed by atoms with Crippen LogP contribution < -0.4 is 9.80 Å². The van der Waals surface area contributed by atoms with Crippen molar-refractivity contribution in [1.82, 2.24) is 4.98 Å². The Morgan fingerprint density at radius 1 is 0.971 bits per heavy atom. The molecule has 4 aromatic rings. The number of amides is 2. The summed E-state index contributed by atoms with van der Waals surface area (Å²) in [6, 6.07) is 20.1. The number of aromatic nitrogens is 1. The summed E-state index contributed by atoms with van der Waals surface area (Å²) in [6.07, 6.45) is 0.209. The first-order valence-corrected chi connectivity index (χ1v) is 12.7. The molecule has 1 saturated heterocycles. The third-order valence-corrected chi connectivity index (χ3v) is 8.14. The van der Waals surface area contributed by atoms with E-state index in [-0.39, 0.29) is 18.2 Å². The number of fused-ring (bicyclic) bond motifs is 1. The number of hydrogen-bond donors (Lipinski definition) is 0. The minimum atomic E-state index is -0.416. The fourth-order valence-corrected chi connectivity index (χ4v) is 5.72. The molecular weight excluding hydrogens is 454 g/mol. The summed E-state index contributed by atoms with van der Waals surface area (Å²) in [6.45, 7) is 9.03. The van der Waals surface area contributed by atoms with E-state index in [1.54, 1.807) is 9.80 Å². The van der Waals surface area contributed by atoms with Gasteiger partial charge in [-0.05, 0) is 67.6 Å². The minimum Gasteiger partial charge on any atom is -0.311 e. The van der Waals surface area contributed by atoms with E-state index < -0.39 is 5.92 Å². The van der Waals surface area contributed by atoms with Crippen molar-refractivity contribution in [3.05, 3.63) is 88.5 Å². The van der Waals surface area contributed by atoms with Crippen molar-refractivity contribution in [3.63, 3.8) is 0 Å². The average Bonchev–Trinajstić information content (AvgIpc) is 3.46. The largest absolute Gasteiger partial charge is 0.311 e. The van der Waals surface area contributed by atoms with E-state index in [1.807, 2.05) is 62.4 Å². The highest BCUT2D eigenvalue weighted by atomic mass is 32.1. The molecule has 178 valence electrons. The summed E-state index contributed by atoms with van der Waals surface area (Å²) in [5.41, 5.74) is 7.39. The van der Waals surface area contributed by atoms with Crippen molar-refractivity contribution in [1.29, 1.82) is 0 Å². The predicted molar refractivity (Wildman–Crippen MR) is 143 cm³/mol. The summed E-state index contributed by atoms with van der Waals surface area (Å²) in [4.78, 5) is 35.5. The Kier molecular flexibility index (Phi) is 6.15. The van der Waals surface area contributed by atoms with E-state index in [4.69, 9.17) is 4.98 Å². The molecule has 0 spiro atoms. The second kappa shape index (κ2) is 9.27. The number of thiazole rings is 1. The second-order valence-electron chi connectivity index (χ2n) is 9.39. The third-order valence-electron chi connectivity index (χ3n) is 7.10. The number of anilines is 2. The molecule has 35 heavy (non-hydrogen) atoms. The molecular formula is C29H29N3O2S. The Bertz CT molecular complexity index is 1430. The lowest BCUT2D eigenvalue weighted by atomic mass is 10.1. The smallest absolute Gasteiger partial charge is 0.234 e. The lowest BCUT2D eigenvalue weighted by Crippen LogP contribution is -2.37. The molecule has 0 saturated carbocycles. The lowest BCUT2D eigenvalue weighted by Gasteiger charge is -2.24. The van der Waals surface area contributed by atoms with Crippen molar-refractivity contribution in [3.8, 4) is 0 Å². The quantitative estimate of drug-likeness (QED) is 0.344. The van der Waals surface area contributed by atoms with Gasteiger partial charge in [-0.15, -0.1) is 0 Å². The molecule has 0 bridgehead atoms. The van der Waals surface area contributed by atoms with Crippen molar-refractivity contribution in [2.45, 2.75) is 40.7 Å². The zero-order valence-corrected chi connectivity index (χ0v) is 21.4. The van der Waals surface area contributed by atoms with Gasteiger partial charge in [-0.25, -0.2) is 4.98 Å². The number of nitrogens with zero attached hydrogens (tertiary/aromatic N) is 3. The van der Waals surface area contributed by atoms with Crippen molar-refractivity contribution < 1.29 is 9.59 Å². The van der Waals surface area contributed by atoms with Crippen LogP contribution in [0, 0.1) is 33.6 Å². The van der Waals surface area contributed by atoms with Gasteiger partial charge in [-0.1, -0.05) is 59.9 Å². The minimum absolute atomic E-state index is 0.00696. The Morgan fingerprint density at radius 3 is 2.49 bits per heavy atom. The predicted octanol–water partition coefficient (Wildman–Crippen LogP) is 6.12. The van der Waals surface area contributed by atoms with Crippen LogP contribution in [0.25, 0.3) is 10.2 Å². The number of hydrogen-bond acceptors (Lipinski definition) is 4. The molecule has 5 rings (SSSR count).